The number of aliphatic hydroxyl groups is 1. The molecule has 20 heavy (non-hydrogen) atoms. The van der Waals surface area contributed by atoms with E-state index in [1.165, 1.54) is 37.8 Å². The average molecular weight is 274 g/mol. The maximum Gasteiger partial charge on any atom is 0.0558 e. The minimum Gasteiger partial charge on any atom is -0.395 e. The lowest BCUT2D eigenvalue weighted by molar-refractivity contribution is 0.137. The smallest absolute Gasteiger partial charge is 0.0558 e. The molecule has 1 N–H and O–H groups in total. The molecule has 2 fully saturated rings. The summed E-state index contributed by atoms with van der Waals surface area (Å²) in [6, 6.07) is 12.3. The Balaban J connectivity index is 1.60. The Hall–Kier alpha value is -0.900. The van der Waals surface area contributed by atoms with Gasteiger partial charge >= 0.3 is 0 Å². The fraction of sp³-hybridized carbons (Fsp3) is 0.647. The zero-order valence-corrected chi connectivity index (χ0v) is 12.2. The maximum atomic E-state index is 9.18. The Bertz CT molecular complexity index is 405. The van der Waals surface area contributed by atoms with Gasteiger partial charge in [-0.3, -0.25) is 9.80 Å². The summed E-state index contributed by atoms with van der Waals surface area (Å²) >= 11 is 0. The topological polar surface area (TPSA) is 26.7 Å². The van der Waals surface area contributed by atoms with Crippen LogP contribution in [0, 0.1) is 0 Å². The number of β-amino-alcohol motifs (C(OH)–C–C–N with tert-alkyl or cyclic N) is 1. The van der Waals surface area contributed by atoms with Gasteiger partial charge in [-0.1, -0.05) is 30.3 Å². The molecule has 2 aliphatic rings. The van der Waals surface area contributed by atoms with Gasteiger partial charge in [0, 0.05) is 31.7 Å². The number of rotatable bonds is 7. The van der Waals surface area contributed by atoms with E-state index in [1.807, 2.05) is 0 Å². The van der Waals surface area contributed by atoms with Gasteiger partial charge in [0.2, 0.25) is 0 Å². The second-order valence-corrected chi connectivity index (χ2v) is 6.20. The largest absolute Gasteiger partial charge is 0.395 e. The third kappa shape index (κ3) is 3.60. The van der Waals surface area contributed by atoms with Gasteiger partial charge in [-0.2, -0.15) is 0 Å². The zero-order valence-electron chi connectivity index (χ0n) is 12.2. The highest BCUT2D eigenvalue weighted by molar-refractivity contribution is 5.15. The van der Waals surface area contributed by atoms with E-state index in [1.54, 1.807) is 0 Å². The zero-order chi connectivity index (χ0) is 13.8. The van der Waals surface area contributed by atoms with E-state index >= 15 is 0 Å². The number of hydrogen-bond donors (Lipinski definition) is 1. The van der Waals surface area contributed by atoms with Crippen molar-refractivity contribution in [1.82, 2.24) is 9.80 Å². The number of nitrogens with zero attached hydrogens (tertiary/aromatic N) is 2. The first kappa shape index (κ1) is 14.1. The average Bonchev–Trinajstić information content (AvgIpc) is 3.23. The SMILES string of the molecule is OCCN1CCC[C@H]1CN(Cc1ccccc1)C1CC1. The molecule has 0 bridgehead atoms. The normalized spacial score (nSPS) is 23.6. The van der Waals surface area contributed by atoms with Crippen molar-refractivity contribution in [1.29, 1.82) is 0 Å². The number of benzene rings is 1. The summed E-state index contributed by atoms with van der Waals surface area (Å²) in [5.74, 6) is 0. The monoisotopic (exact) mass is 274 g/mol. The van der Waals surface area contributed by atoms with E-state index in [0.29, 0.717) is 12.6 Å². The molecule has 1 aromatic carbocycles. The highest BCUT2D eigenvalue weighted by Gasteiger charge is 2.33. The van der Waals surface area contributed by atoms with Gasteiger partial charge < -0.3 is 5.11 Å². The van der Waals surface area contributed by atoms with Crippen LogP contribution in [0.3, 0.4) is 0 Å². The molecule has 1 heterocycles. The van der Waals surface area contributed by atoms with Crippen LogP contribution in [0.25, 0.3) is 0 Å². The summed E-state index contributed by atoms with van der Waals surface area (Å²) in [6.07, 6.45) is 5.30. The lowest BCUT2D eigenvalue weighted by Crippen LogP contribution is -2.42. The Labute approximate surface area is 122 Å². The minimum atomic E-state index is 0.290. The molecular weight excluding hydrogens is 248 g/mol. The van der Waals surface area contributed by atoms with Crippen LogP contribution in [-0.4, -0.2) is 53.2 Å². The summed E-state index contributed by atoms with van der Waals surface area (Å²) in [6.45, 7) is 4.54. The molecule has 1 saturated heterocycles. The van der Waals surface area contributed by atoms with Gasteiger partial charge in [-0.15, -0.1) is 0 Å². The third-order valence-electron chi connectivity index (χ3n) is 4.62. The van der Waals surface area contributed by atoms with Crippen molar-refractivity contribution in [2.24, 2.45) is 0 Å². The standard InChI is InChI=1S/C17H26N2O/c20-12-11-18-10-4-7-17(18)14-19(16-8-9-16)13-15-5-2-1-3-6-15/h1-3,5-6,16-17,20H,4,7-14H2/t17-/m0/s1. The predicted molar refractivity (Wildman–Crippen MR) is 81.6 cm³/mol. The fourth-order valence-electron chi connectivity index (χ4n) is 3.40. The Morgan fingerprint density at radius 2 is 1.95 bits per heavy atom. The highest BCUT2D eigenvalue weighted by Crippen LogP contribution is 2.30. The summed E-state index contributed by atoms with van der Waals surface area (Å²) in [5, 5.41) is 9.18. The van der Waals surface area contributed by atoms with Crippen LogP contribution in [0.2, 0.25) is 0 Å². The minimum absolute atomic E-state index is 0.290. The van der Waals surface area contributed by atoms with Crippen molar-refractivity contribution < 1.29 is 5.11 Å². The molecule has 0 aromatic heterocycles. The van der Waals surface area contributed by atoms with E-state index in [-0.39, 0.29) is 0 Å². The Kier molecular flexibility index (Phi) is 4.71. The number of aliphatic hydroxyl groups excluding tert-OH is 1. The van der Waals surface area contributed by atoms with E-state index in [4.69, 9.17) is 0 Å². The van der Waals surface area contributed by atoms with Gasteiger partial charge in [0.1, 0.15) is 0 Å². The van der Waals surface area contributed by atoms with E-state index < -0.39 is 0 Å². The van der Waals surface area contributed by atoms with E-state index in [0.717, 1.165) is 25.7 Å². The molecular formula is C17H26N2O. The lowest BCUT2D eigenvalue weighted by atomic mass is 10.1. The fourth-order valence-corrected chi connectivity index (χ4v) is 3.40. The second kappa shape index (κ2) is 6.70. The number of likely N-dealkylation sites (tertiary alicyclic amines) is 1. The van der Waals surface area contributed by atoms with Gasteiger partial charge in [0.05, 0.1) is 6.61 Å². The van der Waals surface area contributed by atoms with Crippen LogP contribution in [0.15, 0.2) is 30.3 Å². The predicted octanol–water partition coefficient (Wildman–Crippen LogP) is 2.11. The highest BCUT2D eigenvalue weighted by atomic mass is 16.3. The summed E-state index contributed by atoms with van der Waals surface area (Å²) in [7, 11) is 0. The van der Waals surface area contributed by atoms with Gasteiger partial charge in [0.15, 0.2) is 0 Å². The first-order valence-corrected chi connectivity index (χ1v) is 7.99. The first-order valence-electron chi connectivity index (χ1n) is 7.99. The molecule has 3 rings (SSSR count). The molecule has 1 aliphatic carbocycles. The van der Waals surface area contributed by atoms with E-state index in [2.05, 4.69) is 40.1 Å². The molecule has 1 aliphatic heterocycles. The van der Waals surface area contributed by atoms with Crippen LogP contribution >= 0.6 is 0 Å². The van der Waals surface area contributed by atoms with Crippen molar-refractivity contribution in [3.63, 3.8) is 0 Å². The van der Waals surface area contributed by atoms with Crippen molar-refractivity contribution in [3.8, 4) is 0 Å². The second-order valence-electron chi connectivity index (χ2n) is 6.20. The molecule has 3 heteroatoms. The third-order valence-corrected chi connectivity index (χ3v) is 4.62. The molecule has 0 amide bonds. The molecule has 0 unspecified atom stereocenters. The first-order chi connectivity index (χ1) is 9.86. The summed E-state index contributed by atoms with van der Waals surface area (Å²) in [4.78, 5) is 5.13. The molecule has 110 valence electrons. The van der Waals surface area contributed by atoms with Crippen LogP contribution in [0.5, 0.6) is 0 Å². The molecule has 0 radical (unpaired) electrons. The van der Waals surface area contributed by atoms with Crippen LogP contribution in [0.1, 0.15) is 31.2 Å². The van der Waals surface area contributed by atoms with Crippen molar-refractivity contribution in [2.75, 3.05) is 26.2 Å². The van der Waals surface area contributed by atoms with E-state index in [9.17, 15) is 5.11 Å². The molecule has 3 nitrogen and oxygen atoms in total. The van der Waals surface area contributed by atoms with Gasteiger partial charge in [0.25, 0.3) is 0 Å². The van der Waals surface area contributed by atoms with Crippen LogP contribution < -0.4 is 0 Å². The Morgan fingerprint density at radius 1 is 1.15 bits per heavy atom. The summed E-state index contributed by atoms with van der Waals surface area (Å²) in [5.41, 5.74) is 1.42. The molecule has 1 aromatic rings. The molecule has 1 atom stereocenters. The van der Waals surface area contributed by atoms with Crippen molar-refractivity contribution >= 4 is 0 Å². The number of hydrogen-bond acceptors (Lipinski definition) is 3. The van der Waals surface area contributed by atoms with Gasteiger partial charge in [-0.25, -0.2) is 0 Å². The Morgan fingerprint density at radius 3 is 2.65 bits per heavy atom. The quantitative estimate of drug-likeness (QED) is 0.825. The molecule has 1 saturated carbocycles. The van der Waals surface area contributed by atoms with Crippen LogP contribution in [-0.2, 0) is 6.54 Å². The van der Waals surface area contributed by atoms with Crippen LogP contribution in [0.4, 0.5) is 0 Å². The van der Waals surface area contributed by atoms with Crippen molar-refractivity contribution in [3.05, 3.63) is 35.9 Å². The maximum absolute atomic E-state index is 9.18. The summed E-state index contributed by atoms with van der Waals surface area (Å²) < 4.78 is 0. The van der Waals surface area contributed by atoms with Crippen molar-refractivity contribution in [2.45, 2.75) is 44.3 Å². The molecule has 0 spiro atoms. The van der Waals surface area contributed by atoms with Gasteiger partial charge in [-0.05, 0) is 37.8 Å². The lowest BCUT2D eigenvalue weighted by Gasteiger charge is -2.30.